The lowest BCUT2D eigenvalue weighted by molar-refractivity contribution is 0.0970. The van der Waals surface area contributed by atoms with Gasteiger partial charge in [-0.05, 0) is 36.5 Å². The minimum atomic E-state index is 0.232. The Hall–Kier alpha value is -2.41. The molecule has 0 aliphatic heterocycles. The Morgan fingerprint density at radius 1 is 1.27 bits per heavy atom. The molecule has 2 aromatic rings. The van der Waals surface area contributed by atoms with E-state index in [1.165, 1.54) is 0 Å². The lowest BCUT2D eigenvalue weighted by Gasteiger charge is -2.14. The highest BCUT2D eigenvalue weighted by atomic mass is 16.1. The van der Waals surface area contributed by atoms with Crippen LogP contribution >= 0.6 is 0 Å². The predicted octanol–water partition coefficient (Wildman–Crippen LogP) is 3.45. The van der Waals surface area contributed by atoms with Crippen molar-refractivity contribution in [1.29, 1.82) is 5.26 Å². The first-order chi connectivity index (χ1) is 10.6. The molecule has 1 aromatic heterocycles. The number of aromatic nitrogens is 2. The highest BCUT2D eigenvalue weighted by molar-refractivity contribution is 5.99. The molecular weight excluding hydrogens is 274 g/mol. The summed E-state index contributed by atoms with van der Waals surface area (Å²) in [5.41, 5.74) is 4.61. The average Bonchev–Trinajstić information content (AvgIpc) is 2.89. The molecule has 0 amide bonds. The molecule has 0 radical (unpaired) electrons. The topological polar surface area (TPSA) is 58.7 Å². The van der Waals surface area contributed by atoms with Gasteiger partial charge in [-0.3, -0.25) is 9.48 Å². The molecule has 4 nitrogen and oxygen atoms in total. The molecule has 1 heterocycles. The Kier molecular flexibility index (Phi) is 3.81. The molecule has 0 unspecified atom stereocenters. The van der Waals surface area contributed by atoms with Crippen molar-refractivity contribution in [3.8, 4) is 6.07 Å². The van der Waals surface area contributed by atoms with Crippen molar-refractivity contribution in [3.05, 3.63) is 52.3 Å². The maximum absolute atomic E-state index is 12.3. The van der Waals surface area contributed by atoms with E-state index >= 15 is 0 Å². The number of Topliss-reactive ketones (excluding diaryl/α,β-unsaturated/α-hetero) is 1. The first kappa shape index (κ1) is 14.5. The van der Waals surface area contributed by atoms with Crippen LogP contribution in [0.3, 0.4) is 0 Å². The van der Waals surface area contributed by atoms with Crippen molar-refractivity contribution in [2.75, 3.05) is 0 Å². The van der Waals surface area contributed by atoms with Crippen LogP contribution in [0.4, 0.5) is 0 Å². The van der Waals surface area contributed by atoms with Crippen LogP contribution in [0.5, 0.6) is 0 Å². The molecule has 0 fully saturated rings. The fraction of sp³-hybridized carbons (Fsp3) is 0.389. The van der Waals surface area contributed by atoms with Gasteiger partial charge < -0.3 is 0 Å². The first-order valence-corrected chi connectivity index (χ1v) is 7.72. The first-order valence-electron chi connectivity index (χ1n) is 7.72. The summed E-state index contributed by atoms with van der Waals surface area (Å²) in [6.45, 7) is 4.81. The zero-order valence-electron chi connectivity index (χ0n) is 13.0. The van der Waals surface area contributed by atoms with Crippen LogP contribution in [0, 0.1) is 11.3 Å². The Bertz CT molecular complexity index is 748. The number of fused-ring (bicyclic) bond motifs is 1. The molecule has 4 heteroatoms. The zero-order chi connectivity index (χ0) is 15.7. The number of hydrogen-bond donors (Lipinski definition) is 0. The van der Waals surface area contributed by atoms with E-state index in [0.29, 0.717) is 18.5 Å². The van der Waals surface area contributed by atoms with Crippen molar-refractivity contribution < 1.29 is 4.79 Å². The second-order valence-electron chi connectivity index (χ2n) is 6.10. The Labute approximate surface area is 130 Å². The van der Waals surface area contributed by atoms with Gasteiger partial charge in [-0.15, -0.1) is 0 Å². The molecule has 1 aliphatic carbocycles. The van der Waals surface area contributed by atoms with Gasteiger partial charge in [-0.25, -0.2) is 0 Å². The minimum Gasteiger partial charge on any atom is -0.294 e. The normalized spacial score (nSPS) is 14.0. The van der Waals surface area contributed by atoms with Crippen LogP contribution in [0.1, 0.15) is 65.5 Å². The van der Waals surface area contributed by atoms with Crippen LogP contribution in [0.2, 0.25) is 0 Å². The molecule has 0 N–H and O–H groups in total. The van der Waals surface area contributed by atoms with E-state index in [4.69, 9.17) is 10.4 Å². The molecule has 0 saturated carbocycles. The maximum atomic E-state index is 12.3. The number of carbonyl (C=O) groups is 1. The molecule has 0 bridgehead atoms. The lowest BCUT2D eigenvalue weighted by atomic mass is 9.91. The van der Waals surface area contributed by atoms with Gasteiger partial charge in [0.25, 0.3) is 0 Å². The van der Waals surface area contributed by atoms with Gasteiger partial charge in [0.2, 0.25) is 0 Å². The third-order valence-electron chi connectivity index (χ3n) is 4.14. The minimum absolute atomic E-state index is 0.232. The molecular formula is C18H19N3O. The molecule has 0 saturated heterocycles. The SMILES string of the molecule is CC(C)c1nn(Cc2ccc(C#N)cc2)c2c1C(=O)CCC2. The summed E-state index contributed by atoms with van der Waals surface area (Å²) in [4.78, 5) is 12.3. The van der Waals surface area contributed by atoms with Crippen LogP contribution in [0.15, 0.2) is 24.3 Å². The monoisotopic (exact) mass is 293 g/mol. The van der Waals surface area contributed by atoms with Crippen LogP contribution in [-0.2, 0) is 13.0 Å². The summed E-state index contributed by atoms with van der Waals surface area (Å²) < 4.78 is 1.98. The molecule has 0 atom stereocenters. The van der Waals surface area contributed by atoms with Gasteiger partial charge in [-0.1, -0.05) is 26.0 Å². The lowest BCUT2D eigenvalue weighted by Crippen LogP contribution is -2.14. The van der Waals surface area contributed by atoms with Crippen LogP contribution in [0.25, 0.3) is 0 Å². The predicted molar refractivity (Wildman–Crippen MR) is 83.8 cm³/mol. The molecule has 3 rings (SSSR count). The number of ketones is 1. The van der Waals surface area contributed by atoms with Gasteiger partial charge in [0, 0.05) is 12.1 Å². The molecule has 1 aliphatic rings. The number of carbonyl (C=O) groups excluding carboxylic acids is 1. The fourth-order valence-corrected chi connectivity index (χ4v) is 3.01. The summed E-state index contributed by atoms with van der Waals surface area (Å²) in [5.74, 6) is 0.481. The van der Waals surface area contributed by atoms with Crippen molar-refractivity contribution in [2.45, 2.75) is 45.6 Å². The maximum Gasteiger partial charge on any atom is 0.166 e. The molecule has 22 heavy (non-hydrogen) atoms. The van der Waals surface area contributed by atoms with Gasteiger partial charge in [0.1, 0.15) is 0 Å². The van der Waals surface area contributed by atoms with Crippen LogP contribution in [-0.4, -0.2) is 15.6 Å². The van der Waals surface area contributed by atoms with Gasteiger partial charge in [-0.2, -0.15) is 10.4 Å². The number of nitrogens with zero attached hydrogens (tertiary/aromatic N) is 3. The van der Waals surface area contributed by atoms with Crippen molar-refractivity contribution in [3.63, 3.8) is 0 Å². The molecule has 1 aromatic carbocycles. The largest absolute Gasteiger partial charge is 0.294 e. The standard InChI is InChI=1S/C18H19N3O/c1-12(2)18-17-15(4-3-5-16(17)22)21(20-18)11-14-8-6-13(10-19)7-9-14/h6-9,12H,3-5,11H2,1-2H3. The van der Waals surface area contributed by atoms with Gasteiger partial charge in [0.05, 0.1) is 29.4 Å². The second kappa shape index (κ2) is 5.76. The van der Waals surface area contributed by atoms with E-state index in [-0.39, 0.29) is 11.7 Å². The number of benzene rings is 1. The smallest absolute Gasteiger partial charge is 0.166 e. The number of nitriles is 1. The third kappa shape index (κ3) is 2.55. The van der Waals surface area contributed by atoms with E-state index in [2.05, 4.69) is 19.9 Å². The Balaban J connectivity index is 1.98. The molecule has 112 valence electrons. The highest BCUT2D eigenvalue weighted by Crippen LogP contribution is 2.29. The van der Waals surface area contributed by atoms with Gasteiger partial charge >= 0.3 is 0 Å². The van der Waals surface area contributed by atoms with Crippen molar-refractivity contribution in [1.82, 2.24) is 9.78 Å². The molecule has 0 spiro atoms. The zero-order valence-corrected chi connectivity index (χ0v) is 13.0. The fourth-order valence-electron chi connectivity index (χ4n) is 3.01. The van der Waals surface area contributed by atoms with E-state index in [1.807, 2.05) is 28.9 Å². The number of hydrogen-bond acceptors (Lipinski definition) is 3. The summed E-state index contributed by atoms with van der Waals surface area (Å²) in [5, 5.41) is 13.6. The average molecular weight is 293 g/mol. The summed E-state index contributed by atoms with van der Waals surface area (Å²) >= 11 is 0. The van der Waals surface area contributed by atoms with Crippen molar-refractivity contribution in [2.24, 2.45) is 0 Å². The van der Waals surface area contributed by atoms with E-state index < -0.39 is 0 Å². The number of rotatable bonds is 3. The summed E-state index contributed by atoms with van der Waals surface area (Å²) in [6.07, 6.45) is 2.45. The van der Waals surface area contributed by atoms with E-state index in [0.717, 1.165) is 35.4 Å². The summed E-state index contributed by atoms with van der Waals surface area (Å²) in [7, 11) is 0. The summed E-state index contributed by atoms with van der Waals surface area (Å²) in [6, 6.07) is 9.67. The van der Waals surface area contributed by atoms with Gasteiger partial charge in [0.15, 0.2) is 5.78 Å². The Morgan fingerprint density at radius 2 is 2.00 bits per heavy atom. The Morgan fingerprint density at radius 3 is 2.64 bits per heavy atom. The van der Waals surface area contributed by atoms with Crippen LogP contribution < -0.4 is 0 Å². The quantitative estimate of drug-likeness (QED) is 0.871. The second-order valence-corrected chi connectivity index (χ2v) is 6.10. The van der Waals surface area contributed by atoms with E-state index in [9.17, 15) is 4.79 Å². The highest BCUT2D eigenvalue weighted by Gasteiger charge is 2.27. The van der Waals surface area contributed by atoms with Crippen molar-refractivity contribution >= 4 is 5.78 Å². The third-order valence-corrected chi connectivity index (χ3v) is 4.14. The van der Waals surface area contributed by atoms with E-state index in [1.54, 1.807) is 0 Å².